The van der Waals surface area contributed by atoms with Crippen LogP contribution in [0.3, 0.4) is 0 Å². The summed E-state index contributed by atoms with van der Waals surface area (Å²) in [6, 6.07) is 60.3. The average Bonchev–Trinajstić information content (AvgIpc) is 4.30. The third kappa shape index (κ3) is 5.94. The third-order valence-corrected chi connectivity index (χ3v) is 19.2. The topological polar surface area (TPSA) is 25.8 Å². The second-order valence-electron chi connectivity index (χ2n) is 22.2. The van der Waals surface area contributed by atoms with Crippen LogP contribution in [0.2, 0.25) is 19.6 Å². The molecule has 360 valence electrons. The van der Waals surface area contributed by atoms with Gasteiger partial charge in [0.1, 0.15) is 22.7 Å². The highest BCUT2D eigenvalue weighted by Crippen LogP contribution is 2.54. The number of rotatable bonds is 6. The summed E-state index contributed by atoms with van der Waals surface area (Å²) < 4.78 is 43.3. The maximum absolute atomic E-state index is 18.1. The lowest BCUT2D eigenvalue weighted by Crippen LogP contribution is -2.72. The average molecular weight is 981 g/mol. The molecule has 0 aliphatic carbocycles. The minimum Gasteiger partial charge on any atom is -0.455 e. The molecule has 0 radical (unpaired) electrons. The number of imidazole rings is 1. The van der Waals surface area contributed by atoms with Crippen molar-refractivity contribution in [3.63, 3.8) is 0 Å². The zero-order chi connectivity index (χ0) is 51.6. The number of aromatic nitrogens is 3. The number of nitrogens with zero attached hydrogens (tertiary/aromatic N) is 3. The van der Waals surface area contributed by atoms with E-state index >= 15 is 4.39 Å². The number of fused-ring (bicyclic) bond motifs is 19. The van der Waals surface area contributed by atoms with E-state index in [1.165, 1.54) is 37.9 Å². The molecular formula is C68H58FN3OSi+2. The predicted octanol–water partition coefficient (Wildman–Crippen LogP) is 16.2. The first-order chi connectivity index (χ1) is 36.1. The number of pyridine rings is 1. The van der Waals surface area contributed by atoms with Gasteiger partial charge in [0.25, 0.3) is 0 Å². The molecule has 0 fully saturated rings. The first-order valence-electron chi connectivity index (χ1n) is 26.6. The highest BCUT2D eigenvalue weighted by molar-refractivity contribution is 6.89. The fourth-order valence-electron chi connectivity index (χ4n) is 13.4. The quantitative estimate of drug-likeness (QED) is 0.0926. The first kappa shape index (κ1) is 43.6. The monoisotopic (exact) mass is 980 g/mol. The summed E-state index contributed by atoms with van der Waals surface area (Å²) in [5, 5.41) is 7.23. The van der Waals surface area contributed by atoms with Gasteiger partial charge in [-0.3, -0.25) is 0 Å². The predicted molar refractivity (Wildman–Crippen MR) is 305 cm³/mol. The molecule has 12 aromatic rings. The number of hydrogen-bond donors (Lipinski definition) is 0. The molecule has 0 saturated heterocycles. The summed E-state index contributed by atoms with van der Waals surface area (Å²) in [5.74, 6) is -0.504. The molecule has 0 N–H and O–H groups in total. The molecule has 9 aromatic carbocycles. The normalized spacial score (nSPS) is 16.3. The van der Waals surface area contributed by atoms with Crippen molar-refractivity contribution in [2.45, 2.75) is 78.7 Å². The van der Waals surface area contributed by atoms with Gasteiger partial charge in [0, 0.05) is 18.0 Å². The Labute approximate surface area is 434 Å². The van der Waals surface area contributed by atoms with Gasteiger partial charge in [0.15, 0.2) is 22.8 Å². The van der Waals surface area contributed by atoms with E-state index in [-0.39, 0.29) is 11.7 Å². The molecule has 6 heteroatoms. The largest absolute Gasteiger partial charge is 0.455 e. The van der Waals surface area contributed by atoms with Crippen LogP contribution >= 0.6 is 0 Å². The Morgan fingerprint density at radius 3 is 2.00 bits per heavy atom. The molecule has 14 rings (SSSR count). The van der Waals surface area contributed by atoms with Crippen LogP contribution in [0, 0.1) is 33.5 Å². The van der Waals surface area contributed by atoms with Crippen LogP contribution in [0.5, 0.6) is 0 Å². The molecule has 5 heterocycles. The summed E-state index contributed by atoms with van der Waals surface area (Å²) in [7, 11) is -2.28. The molecule has 0 bridgehead atoms. The molecule has 1 spiro atoms. The Balaban J connectivity index is 1.21. The zero-order valence-corrected chi connectivity index (χ0v) is 44.4. The maximum atomic E-state index is 18.1. The number of hydrogen-bond acceptors (Lipinski definition) is 1. The van der Waals surface area contributed by atoms with E-state index in [0.29, 0.717) is 16.6 Å². The second kappa shape index (κ2) is 15.8. The van der Waals surface area contributed by atoms with Gasteiger partial charge < -0.3 is 4.42 Å². The summed E-state index contributed by atoms with van der Waals surface area (Å²) in [6.45, 7) is 20.5. The SMILES string of the molecule is [2H]C(C)(c1cc2[n+](cc1[Si](C)(C)C)C1(c3ccccc3-2)c2cc(F)c3c(oc4ccccc43)c2-c2n(-c3c(C)cc(-c4ccccc4)cc3C)c3cc4c(C)c(C)c5ccccc5c4cc3[n+]21)C(C)c1ccccc1. The number of aryl methyl sites for hydroxylation is 4. The van der Waals surface area contributed by atoms with Gasteiger partial charge in [0.05, 0.1) is 30.2 Å². The van der Waals surface area contributed by atoms with E-state index in [2.05, 4.69) is 215 Å². The van der Waals surface area contributed by atoms with Gasteiger partial charge in [-0.2, -0.15) is 4.57 Å². The van der Waals surface area contributed by atoms with Gasteiger partial charge in [-0.1, -0.05) is 149 Å². The van der Waals surface area contributed by atoms with E-state index in [1.54, 1.807) is 0 Å². The smallest absolute Gasteiger partial charge is 0.365 e. The number of furan rings is 1. The standard InChI is InChI=1S/C68H58FN3OSi/c1-39-32-47(46-24-14-11-15-25-46)33-40(2)65(39)71-59-34-52-44(6)43(5)48-26-16-17-27-49(48)54(52)36-60(59)72-67(71)64-56(37-57(69)63-51-29-19-21-31-61(51)73-66(63)64)68(72)55-30-20-18-28-50(55)58-35-53(62(38-70(58)68)74(7,8)9)42(4)41(3)45-22-12-10-13-23-45/h10-38,41-42H,1-9H3/q+2/i42D. The van der Waals surface area contributed by atoms with Crippen molar-refractivity contribution in [1.82, 2.24) is 4.57 Å². The Kier molecular flexibility index (Phi) is 9.31. The molecule has 0 saturated carbocycles. The van der Waals surface area contributed by atoms with Crippen molar-refractivity contribution in [3.05, 3.63) is 226 Å². The van der Waals surface area contributed by atoms with Crippen molar-refractivity contribution >= 4 is 67.8 Å². The summed E-state index contributed by atoms with van der Waals surface area (Å²) in [5.41, 5.74) is 17.2. The molecule has 2 aliphatic heterocycles. The molecule has 3 aromatic heterocycles. The minimum absolute atomic E-state index is 0.112. The van der Waals surface area contributed by atoms with Gasteiger partial charge >= 0.3 is 11.5 Å². The van der Waals surface area contributed by atoms with Crippen LogP contribution in [0.1, 0.15) is 71.5 Å². The van der Waals surface area contributed by atoms with E-state index in [0.717, 1.165) is 89.3 Å². The lowest BCUT2D eigenvalue weighted by Gasteiger charge is -2.28. The fourth-order valence-corrected chi connectivity index (χ4v) is 15.0. The van der Waals surface area contributed by atoms with E-state index in [4.69, 9.17) is 4.42 Å². The summed E-state index contributed by atoms with van der Waals surface area (Å²) in [6.07, 6.45) is 2.40. The van der Waals surface area contributed by atoms with Crippen LogP contribution in [-0.4, -0.2) is 12.6 Å². The van der Waals surface area contributed by atoms with Gasteiger partial charge in [0.2, 0.25) is 5.69 Å². The van der Waals surface area contributed by atoms with Crippen molar-refractivity contribution < 1.29 is 19.3 Å². The number of para-hydroxylation sites is 1. The zero-order valence-electron chi connectivity index (χ0n) is 44.4. The Morgan fingerprint density at radius 1 is 0.635 bits per heavy atom. The van der Waals surface area contributed by atoms with Crippen molar-refractivity contribution in [2.24, 2.45) is 0 Å². The molecule has 0 amide bonds. The highest BCUT2D eigenvalue weighted by Gasteiger charge is 2.67. The van der Waals surface area contributed by atoms with Crippen LogP contribution in [0.25, 0.3) is 94.0 Å². The van der Waals surface area contributed by atoms with Crippen molar-refractivity contribution in [2.75, 3.05) is 0 Å². The molecular weight excluding hydrogens is 922 g/mol. The van der Waals surface area contributed by atoms with Crippen LogP contribution in [0.4, 0.5) is 4.39 Å². The lowest BCUT2D eigenvalue weighted by atomic mass is 9.84. The molecule has 3 atom stereocenters. The van der Waals surface area contributed by atoms with Crippen LogP contribution in [0.15, 0.2) is 180 Å². The summed E-state index contributed by atoms with van der Waals surface area (Å²) in [4.78, 5) is 0. The first-order valence-corrected chi connectivity index (χ1v) is 29.6. The second-order valence-corrected chi connectivity index (χ2v) is 27.3. The van der Waals surface area contributed by atoms with Gasteiger partial charge in [-0.15, -0.1) is 9.13 Å². The Hall–Kier alpha value is -7.93. The van der Waals surface area contributed by atoms with E-state index in [9.17, 15) is 1.37 Å². The van der Waals surface area contributed by atoms with Crippen LogP contribution < -0.4 is 14.3 Å². The van der Waals surface area contributed by atoms with Gasteiger partial charge in [-0.25, -0.2) is 4.39 Å². The highest BCUT2D eigenvalue weighted by atomic mass is 28.3. The molecule has 3 unspecified atom stereocenters. The Bertz CT molecular complexity index is 4430. The summed E-state index contributed by atoms with van der Waals surface area (Å²) >= 11 is 0. The van der Waals surface area contributed by atoms with Gasteiger partial charge in [-0.05, 0) is 154 Å². The van der Waals surface area contributed by atoms with Crippen molar-refractivity contribution in [1.29, 1.82) is 0 Å². The maximum Gasteiger partial charge on any atom is 0.365 e. The number of benzene rings is 9. The minimum atomic E-state index is -2.28. The number of halogens is 1. The third-order valence-electron chi connectivity index (χ3n) is 17.2. The Morgan fingerprint density at radius 2 is 1.27 bits per heavy atom. The lowest BCUT2D eigenvalue weighted by molar-refractivity contribution is -0.944. The fraction of sp³-hybridized carbons (Fsp3) is 0.176. The van der Waals surface area contributed by atoms with Crippen LogP contribution in [-0.2, 0) is 5.66 Å². The molecule has 2 aliphatic rings. The molecule has 74 heavy (non-hydrogen) atoms. The van der Waals surface area contributed by atoms with E-state index in [1.807, 2.05) is 36.4 Å². The molecule has 4 nitrogen and oxygen atoms in total. The van der Waals surface area contributed by atoms with E-state index < -0.39 is 19.6 Å². The van der Waals surface area contributed by atoms with Crippen molar-refractivity contribution in [3.8, 4) is 39.5 Å².